The quantitative estimate of drug-likeness (QED) is 0.670. The Morgan fingerprint density at radius 1 is 1.65 bits per heavy atom. The molecule has 1 aliphatic heterocycles. The second kappa shape index (κ2) is 6.08. The molecule has 108 valence electrons. The predicted octanol–water partition coefficient (Wildman–Crippen LogP) is 2.02. The van der Waals surface area contributed by atoms with E-state index in [1.54, 1.807) is 0 Å². The molecule has 1 aromatic rings. The molecule has 0 spiro atoms. The number of nitro groups is 1. The topological polar surface area (TPSA) is 96.6 Å². The first kappa shape index (κ1) is 14.6. The molecule has 1 N–H and O–H groups in total. The Labute approximate surface area is 120 Å². The molecular weight excluding hydrogens is 282 g/mol. The minimum Gasteiger partial charge on any atom is -0.477 e. The van der Waals surface area contributed by atoms with Gasteiger partial charge in [-0.25, -0.2) is 9.78 Å². The molecule has 8 heteroatoms. The van der Waals surface area contributed by atoms with Gasteiger partial charge in [-0.05, 0) is 12.5 Å². The van der Waals surface area contributed by atoms with E-state index in [0.29, 0.717) is 18.3 Å². The van der Waals surface area contributed by atoms with Gasteiger partial charge in [0, 0.05) is 30.2 Å². The highest BCUT2D eigenvalue weighted by Gasteiger charge is 2.27. The van der Waals surface area contributed by atoms with Crippen molar-refractivity contribution < 1.29 is 14.8 Å². The van der Waals surface area contributed by atoms with Gasteiger partial charge in [0.2, 0.25) is 5.82 Å². The largest absolute Gasteiger partial charge is 0.477 e. The van der Waals surface area contributed by atoms with Gasteiger partial charge >= 0.3 is 11.7 Å². The summed E-state index contributed by atoms with van der Waals surface area (Å²) >= 11 is 1.83. The van der Waals surface area contributed by atoms with Crippen molar-refractivity contribution in [3.05, 3.63) is 27.9 Å². The van der Waals surface area contributed by atoms with E-state index in [4.69, 9.17) is 5.11 Å². The summed E-state index contributed by atoms with van der Waals surface area (Å²) in [6.07, 6.45) is 0.966. The van der Waals surface area contributed by atoms with Crippen molar-refractivity contribution >= 4 is 29.2 Å². The van der Waals surface area contributed by atoms with Crippen LogP contribution in [0.25, 0.3) is 0 Å². The van der Waals surface area contributed by atoms with Crippen LogP contribution in [0.4, 0.5) is 11.5 Å². The van der Waals surface area contributed by atoms with Crippen LogP contribution in [0, 0.1) is 10.1 Å². The summed E-state index contributed by atoms with van der Waals surface area (Å²) in [5, 5.41) is 20.5. The number of aromatic nitrogens is 1. The van der Waals surface area contributed by atoms with Crippen LogP contribution in [0.15, 0.2) is 12.1 Å². The first-order valence-corrected chi connectivity index (χ1v) is 7.33. The number of anilines is 1. The summed E-state index contributed by atoms with van der Waals surface area (Å²) in [4.78, 5) is 27.3. The first-order valence-electron chi connectivity index (χ1n) is 6.28. The Bertz CT molecular complexity index is 537. The predicted molar refractivity (Wildman–Crippen MR) is 76.6 cm³/mol. The SMILES string of the molecule is CCC1CN(c2nc(C(=O)O)ccc2[N+](=O)[O-])CCS1. The number of carboxylic acid groups (broad SMARTS) is 1. The highest BCUT2D eigenvalue weighted by atomic mass is 32.2. The summed E-state index contributed by atoms with van der Waals surface area (Å²) < 4.78 is 0. The van der Waals surface area contributed by atoms with Gasteiger partial charge < -0.3 is 10.0 Å². The molecule has 0 aliphatic carbocycles. The number of carbonyl (C=O) groups is 1. The van der Waals surface area contributed by atoms with Gasteiger partial charge in [0.05, 0.1) is 4.92 Å². The third-order valence-corrected chi connectivity index (χ3v) is 4.54. The molecule has 0 aromatic carbocycles. The molecule has 1 saturated heterocycles. The minimum absolute atomic E-state index is 0.142. The number of nitrogens with zero attached hydrogens (tertiary/aromatic N) is 3. The second-order valence-corrected chi connectivity index (χ2v) is 5.86. The summed E-state index contributed by atoms with van der Waals surface area (Å²) in [6, 6.07) is 2.38. The number of hydrogen-bond acceptors (Lipinski definition) is 6. The monoisotopic (exact) mass is 297 g/mol. The number of hydrogen-bond donors (Lipinski definition) is 1. The smallest absolute Gasteiger partial charge is 0.354 e. The molecule has 20 heavy (non-hydrogen) atoms. The van der Waals surface area contributed by atoms with Crippen LogP contribution in [0.2, 0.25) is 0 Å². The van der Waals surface area contributed by atoms with Gasteiger partial charge in [-0.2, -0.15) is 11.8 Å². The fourth-order valence-electron chi connectivity index (χ4n) is 2.09. The normalized spacial score (nSPS) is 18.9. The summed E-state index contributed by atoms with van der Waals surface area (Å²) in [7, 11) is 0. The zero-order valence-electron chi connectivity index (χ0n) is 11.0. The van der Waals surface area contributed by atoms with Crippen LogP contribution in [0.5, 0.6) is 0 Å². The third-order valence-electron chi connectivity index (χ3n) is 3.16. The highest BCUT2D eigenvalue weighted by molar-refractivity contribution is 8.00. The second-order valence-electron chi connectivity index (χ2n) is 4.45. The standard InChI is InChI=1S/C12H15N3O4S/c1-2-8-7-14(5-6-20-8)11-10(15(18)19)4-3-9(13-11)12(16)17/h3-4,8H,2,5-7H2,1H3,(H,16,17). The Kier molecular flexibility index (Phi) is 4.43. The molecule has 2 heterocycles. The fraction of sp³-hybridized carbons (Fsp3) is 0.500. The van der Waals surface area contributed by atoms with Crippen molar-refractivity contribution in [3.8, 4) is 0 Å². The van der Waals surface area contributed by atoms with Crippen molar-refractivity contribution in [2.45, 2.75) is 18.6 Å². The van der Waals surface area contributed by atoms with Gasteiger partial charge in [-0.1, -0.05) is 6.92 Å². The Balaban J connectivity index is 2.38. The lowest BCUT2D eigenvalue weighted by Crippen LogP contribution is -2.38. The van der Waals surface area contributed by atoms with Crippen LogP contribution in [-0.2, 0) is 0 Å². The number of pyridine rings is 1. The molecule has 7 nitrogen and oxygen atoms in total. The minimum atomic E-state index is -1.18. The number of aromatic carboxylic acids is 1. The maximum absolute atomic E-state index is 11.1. The van der Waals surface area contributed by atoms with Gasteiger partial charge in [0.25, 0.3) is 0 Å². The Hall–Kier alpha value is -1.83. The molecule has 1 fully saturated rings. The third kappa shape index (κ3) is 3.01. The van der Waals surface area contributed by atoms with Crippen LogP contribution in [0.3, 0.4) is 0 Å². The summed E-state index contributed by atoms with van der Waals surface area (Å²) in [5.41, 5.74) is -0.311. The van der Waals surface area contributed by atoms with E-state index in [9.17, 15) is 14.9 Å². The van der Waals surface area contributed by atoms with Crippen LogP contribution < -0.4 is 4.90 Å². The molecule has 1 aliphatic rings. The van der Waals surface area contributed by atoms with E-state index in [-0.39, 0.29) is 17.2 Å². The lowest BCUT2D eigenvalue weighted by molar-refractivity contribution is -0.384. The van der Waals surface area contributed by atoms with Gasteiger partial charge in [0.15, 0.2) is 5.69 Å². The van der Waals surface area contributed by atoms with E-state index < -0.39 is 10.9 Å². The van der Waals surface area contributed by atoms with Crippen LogP contribution >= 0.6 is 11.8 Å². The van der Waals surface area contributed by atoms with E-state index >= 15 is 0 Å². The van der Waals surface area contributed by atoms with Gasteiger partial charge in [-0.15, -0.1) is 0 Å². The zero-order valence-corrected chi connectivity index (χ0v) is 11.8. The number of carboxylic acids is 1. The van der Waals surface area contributed by atoms with Crippen molar-refractivity contribution in [2.75, 3.05) is 23.7 Å². The Morgan fingerprint density at radius 3 is 3.00 bits per heavy atom. The number of thioether (sulfide) groups is 1. The van der Waals surface area contributed by atoms with E-state index in [0.717, 1.165) is 12.2 Å². The maximum atomic E-state index is 11.1. The van der Waals surface area contributed by atoms with Gasteiger partial charge in [-0.3, -0.25) is 10.1 Å². The highest BCUT2D eigenvalue weighted by Crippen LogP contribution is 2.31. The van der Waals surface area contributed by atoms with Crippen molar-refractivity contribution in [2.24, 2.45) is 0 Å². The van der Waals surface area contributed by atoms with E-state index in [2.05, 4.69) is 11.9 Å². The summed E-state index contributed by atoms with van der Waals surface area (Å²) in [6.45, 7) is 3.35. The zero-order chi connectivity index (χ0) is 14.7. The van der Waals surface area contributed by atoms with Crippen molar-refractivity contribution in [1.82, 2.24) is 4.98 Å². The first-order chi connectivity index (χ1) is 9.52. The summed E-state index contributed by atoms with van der Waals surface area (Å²) in [5.74, 6) is -0.164. The van der Waals surface area contributed by atoms with Crippen molar-refractivity contribution in [1.29, 1.82) is 0 Å². The molecule has 0 radical (unpaired) electrons. The molecular formula is C12H15N3O4S. The van der Waals surface area contributed by atoms with Gasteiger partial charge in [0.1, 0.15) is 0 Å². The molecule has 1 atom stereocenters. The molecule has 2 rings (SSSR count). The van der Waals surface area contributed by atoms with E-state index in [1.807, 2.05) is 16.7 Å². The molecule has 1 unspecified atom stereocenters. The molecule has 1 aromatic heterocycles. The molecule has 0 saturated carbocycles. The Morgan fingerprint density at radius 2 is 2.40 bits per heavy atom. The average Bonchev–Trinajstić information content (AvgIpc) is 2.46. The van der Waals surface area contributed by atoms with E-state index in [1.165, 1.54) is 12.1 Å². The average molecular weight is 297 g/mol. The number of rotatable bonds is 4. The fourth-order valence-corrected chi connectivity index (χ4v) is 3.27. The van der Waals surface area contributed by atoms with Crippen LogP contribution in [0.1, 0.15) is 23.8 Å². The molecule has 0 amide bonds. The lowest BCUT2D eigenvalue weighted by Gasteiger charge is -2.32. The van der Waals surface area contributed by atoms with Crippen LogP contribution in [-0.4, -0.2) is 45.1 Å². The maximum Gasteiger partial charge on any atom is 0.354 e. The molecule has 0 bridgehead atoms. The van der Waals surface area contributed by atoms with Crippen molar-refractivity contribution in [3.63, 3.8) is 0 Å². The lowest BCUT2D eigenvalue weighted by atomic mass is 10.2.